The Morgan fingerprint density at radius 2 is 1.83 bits per heavy atom. The molecule has 2 aliphatic rings. The Morgan fingerprint density at radius 3 is 2.46 bits per heavy atom. The van der Waals surface area contributed by atoms with Crippen molar-refractivity contribution in [1.29, 1.82) is 0 Å². The van der Waals surface area contributed by atoms with Crippen LogP contribution in [0.1, 0.15) is 64.5 Å². The summed E-state index contributed by atoms with van der Waals surface area (Å²) in [7, 11) is 0. The lowest BCUT2D eigenvalue weighted by molar-refractivity contribution is -0.171. The van der Waals surface area contributed by atoms with E-state index in [1.54, 1.807) is 0 Å². The second kappa shape index (κ2) is 6.85. The van der Waals surface area contributed by atoms with Gasteiger partial charge in [0.05, 0.1) is 18.1 Å². The van der Waals surface area contributed by atoms with Crippen LogP contribution in [0.5, 0.6) is 0 Å². The van der Waals surface area contributed by atoms with E-state index >= 15 is 0 Å². The normalized spacial score (nSPS) is 26.0. The molecule has 1 aromatic carbocycles. The number of hydrogen-bond donors (Lipinski definition) is 0. The molecule has 0 N–H and O–H groups in total. The van der Waals surface area contributed by atoms with Crippen molar-refractivity contribution in [3.8, 4) is 0 Å². The average Bonchev–Trinajstić information content (AvgIpc) is 3.15. The van der Waals surface area contributed by atoms with Crippen LogP contribution in [-0.2, 0) is 19.0 Å². The molecule has 1 saturated carbocycles. The maximum absolute atomic E-state index is 11.9. The molecule has 3 rings (SSSR count). The van der Waals surface area contributed by atoms with Gasteiger partial charge in [0.25, 0.3) is 0 Å². The summed E-state index contributed by atoms with van der Waals surface area (Å²) in [6.45, 7) is 5.96. The molecule has 24 heavy (non-hydrogen) atoms. The van der Waals surface area contributed by atoms with E-state index in [9.17, 15) is 4.79 Å². The number of rotatable bonds is 4. The number of carbonyl (C=O) groups is 1. The van der Waals surface area contributed by atoms with Gasteiger partial charge in [0.2, 0.25) is 0 Å². The molecule has 0 radical (unpaired) electrons. The van der Waals surface area contributed by atoms with Crippen LogP contribution in [-0.4, -0.2) is 24.5 Å². The molecule has 2 atom stereocenters. The predicted molar refractivity (Wildman–Crippen MR) is 91.4 cm³/mol. The number of esters is 1. The summed E-state index contributed by atoms with van der Waals surface area (Å²) < 4.78 is 18.1. The van der Waals surface area contributed by atoms with Crippen LogP contribution in [0, 0.1) is 5.41 Å². The van der Waals surface area contributed by atoms with Crippen LogP contribution in [0.15, 0.2) is 30.3 Å². The zero-order valence-electron chi connectivity index (χ0n) is 14.9. The molecule has 1 saturated heterocycles. The van der Waals surface area contributed by atoms with Crippen molar-refractivity contribution in [3.63, 3.8) is 0 Å². The highest BCUT2D eigenvalue weighted by atomic mass is 16.8. The van der Waals surface area contributed by atoms with Crippen LogP contribution in [0.4, 0.5) is 0 Å². The molecule has 1 unspecified atom stereocenters. The van der Waals surface area contributed by atoms with Crippen molar-refractivity contribution in [2.45, 2.75) is 70.9 Å². The van der Waals surface area contributed by atoms with Crippen LogP contribution < -0.4 is 0 Å². The minimum absolute atomic E-state index is 0.0710. The number of benzene rings is 1. The molecule has 0 amide bonds. The monoisotopic (exact) mass is 332 g/mol. The van der Waals surface area contributed by atoms with E-state index in [1.165, 1.54) is 0 Å². The minimum atomic E-state index is -0.474. The molecule has 2 fully saturated rings. The molecule has 0 bridgehead atoms. The molecule has 1 aromatic rings. The molecular formula is C20H28O4. The first-order valence-corrected chi connectivity index (χ1v) is 8.97. The fraction of sp³-hybridized carbons (Fsp3) is 0.650. The average molecular weight is 332 g/mol. The van der Waals surface area contributed by atoms with Gasteiger partial charge in [-0.1, -0.05) is 30.3 Å². The van der Waals surface area contributed by atoms with E-state index in [0.717, 1.165) is 31.2 Å². The van der Waals surface area contributed by atoms with Gasteiger partial charge >= 0.3 is 5.97 Å². The van der Waals surface area contributed by atoms with E-state index in [1.807, 2.05) is 39.0 Å². The summed E-state index contributed by atoms with van der Waals surface area (Å²) in [5.74, 6) is -0.604. The SMILES string of the molecule is CC(C)(C)C(=O)OCCC1OC2(CCCC2)O[C@@H]1c1ccccc1. The van der Waals surface area contributed by atoms with Gasteiger partial charge in [0, 0.05) is 19.3 Å². The Bertz CT molecular complexity index is 555. The van der Waals surface area contributed by atoms with Gasteiger partial charge in [0.15, 0.2) is 5.79 Å². The fourth-order valence-corrected chi connectivity index (χ4v) is 3.44. The highest BCUT2D eigenvalue weighted by molar-refractivity contribution is 5.75. The van der Waals surface area contributed by atoms with Crippen molar-refractivity contribution in [3.05, 3.63) is 35.9 Å². The summed E-state index contributed by atoms with van der Waals surface area (Å²) >= 11 is 0. The van der Waals surface area contributed by atoms with Crippen LogP contribution in [0.2, 0.25) is 0 Å². The van der Waals surface area contributed by atoms with Gasteiger partial charge in [-0.3, -0.25) is 4.79 Å². The van der Waals surface area contributed by atoms with Gasteiger partial charge in [-0.2, -0.15) is 0 Å². The van der Waals surface area contributed by atoms with Gasteiger partial charge < -0.3 is 14.2 Å². The fourth-order valence-electron chi connectivity index (χ4n) is 3.44. The Labute approximate surface area is 144 Å². The van der Waals surface area contributed by atoms with Crippen molar-refractivity contribution in [2.75, 3.05) is 6.61 Å². The molecule has 1 aliphatic heterocycles. The Hall–Kier alpha value is -1.39. The molecule has 4 nitrogen and oxygen atoms in total. The van der Waals surface area contributed by atoms with Crippen molar-refractivity contribution in [1.82, 2.24) is 0 Å². The summed E-state index contributed by atoms with van der Waals surface area (Å²) in [4.78, 5) is 11.9. The summed E-state index contributed by atoms with van der Waals surface area (Å²) in [6.07, 6.45) is 4.70. The largest absolute Gasteiger partial charge is 0.465 e. The third-order valence-electron chi connectivity index (χ3n) is 4.79. The van der Waals surface area contributed by atoms with Crippen LogP contribution in [0.3, 0.4) is 0 Å². The topological polar surface area (TPSA) is 44.8 Å². The lowest BCUT2D eigenvalue weighted by Gasteiger charge is -2.22. The first-order valence-electron chi connectivity index (χ1n) is 8.97. The maximum atomic E-state index is 11.9. The lowest BCUT2D eigenvalue weighted by Crippen LogP contribution is -2.28. The quantitative estimate of drug-likeness (QED) is 0.767. The van der Waals surface area contributed by atoms with Gasteiger partial charge in [-0.15, -0.1) is 0 Å². The molecule has 1 heterocycles. The summed E-state index contributed by atoms with van der Waals surface area (Å²) in [6, 6.07) is 10.2. The summed E-state index contributed by atoms with van der Waals surface area (Å²) in [5.41, 5.74) is 0.659. The van der Waals surface area contributed by atoms with Gasteiger partial charge in [-0.25, -0.2) is 0 Å². The summed E-state index contributed by atoms with van der Waals surface area (Å²) in [5, 5.41) is 0. The van der Waals surface area contributed by atoms with Crippen LogP contribution >= 0.6 is 0 Å². The van der Waals surface area contributed by atoms with E-state index in [2.05, 4.69) is 12.1 Å². The molecule has 1 aliphatic carbocycles. The van der Waals surface area contributed by atoms with Crippen molar-refractivity contribution >= 4 is 5.97 Å². The molecule has 4 heteroatoms. The second-order valence-electron chi connectivity index (χ2n) is 7.90. The van der Waals surface area contributed by atoms with Crippen LogP contribution in [0.25, 0.3) is 0 Å². The van der Waals surface area contributed by atoms with E-state index in [0.29, 0.717) is 13.0 Å². The molecule has 0 aromatic heterocycles. The predicted octanol–water partition coefficient (Wildman–Crippen LogP) is 4.39. The highest BCUT2D eigenvalue weighted by Crippen LogP contribution is 2.47. The second-order valence-corrected chi connectivity index (χ2v) is 7.90. The zero-order chi connectivity index (χ0) is 17.2. The first kappa shape index (κ1) is 17.4. The first-order chi connectivity index (χ1) is 11.4. The maximum Gasteiger partial charge on any atom is 0.311 e. The highest BCUT2D eigenvalue weighted by Gasteiger charge is 2.49. The smallest absolute Gasteiger partial charge is 0.311 e. The third-order valence-corrected chi connectivity index (χ3v) is 4.79. The standard InChI is InChI=1S/C20H28O4/c1-19(2,3)18(21)22-14-11-16-17(15-9-5-4-6-10-15)24-20(23-16)12-7-8-13-20/h4-6,9-10,16-17H,7-8,11-14H2,1-3H3/t16?,17-/m1/s1. The van der Waals surface area contributed by atoms with Crippen molar-refractivity contribution < 1.29 is 19.0 Å². The Kier molecular flexibility index (Phi) is 4.97. The van der Waals surface area contributed by atoms with E-state index < -0.39 is 11.2 Å². The van der Waals surface area contributed by atoms with Crippen molar-refractivity contribution in [2.24, 2.45) is 5.41 Å². The number of ether oxygens (including phenoxy) is 3. The van der Waals surface area contributed by atoms with Gasteiger partial charge in [-0.05, 0) is 39.2 Å². The third kappa shape index (κ3) is 3.81. The lowest BCUT2D eigenvalue weighted by atomic mass is 9.97. The minimum Gasteiger partial charge on any atom is -0.465 e. The Balaban J connectivity index is 1.66. The molecule has 132 valence electrons. The van der Waals surface area contributed by atoms with E-state index in [4.69, 9.17) is 14.2 Å². The number of carbonyl (C=O) groups excluding carboxylic acids is 1. The van der Waals surface area contributed by atoms with E-state index in [-0.39, 0.29) is 18.2 Å². The Morgan fingerprint density at radius 1 is 1.17 bits per heavy atom. The zero-order valence-corrected chi connectivity index (χ0v) is 14.9. The number of hydrogen-bond acceptors (Lipinski definition) is 4. The molecular weight excluding hydrogens is 304 g/mol. The van der Waals surface area contributed by atoms with Gasteiger partial charge in [0.1, 0.15) is 6.10 Å². The molecule has 1 spiro atoms.